The number of aliphatic carboxylic acids is 3. The molecule has 0 bridgehead atoms. The van der Waals surface area contributed by atoms with Gasteiger partial charge in [0.25, 0.3) is 0 Å². The van der Waals surface area contributed by atoms with Gasteiger partial charge in [0.15, 0.2) is 0 Å². The van der Waals surface area contributed by atoms with E-state index >= 15 is 0 Å². The van der Waals surface area contributed by atoms with Gasteiger partial charge in [-0.25, -0.2) is 0 Å². The van der Waals surface area contributed by atoms with E-state index in [4.69, 9.17) is 15.3 Å². The summed E-state index contributed by atoms with van der Waals surface area (Å²) in [6, 6.07) is -0.0419. The first-order valence-corrected chi connectivity index (χ1v) is 7.53. The standard InChI is InChI=1S/C14H25N3O7/c1-3-10(2)15-11(18)6-16(7-12(19)20)4-5-17(8-13(21)22)9-14(23)24/h10H,3-9H2,1-2H3,(H,15,18)(H,19,20)(H,21,22)(H,23,24). The second kappa shape index (κ2) is 11.4. The lowest BCUT2D eigenvalue weighted by Gasteiger charge is -2.25. The summed E-state index contributed by atoms with van der Waals surface area (Å²) < 4.78 is 0. The van der Waals surface area contributed by atoms with Crippen molar-refractivity contribution in [3.63, 3.8) is 0 Å². The number of nitrogens with zero attached hydrogens (tertiary/aromatic N) is 2. The average molecular weight is 347 g/mol. The summed E-state index contributed by atoms with van der Waals surface area (Å²) in [5.74, 6) is -3.84. The van der Waals surface area contributed by atoms with Crippen LogP contribution in [0.15, 0.2) is 0 Å². The number of carboxylic acid groups (broad SMARTS) is 3. The summed E-state index contributed by atoms with van der Waals surface area (Å²) in [5, 5.41) is 29.2. The van der Waals surface area contributed by atoms with Crippen LogP contribution in [0.4, 0.5) is 0 Å². The monoisotopic (exact) mass is 347 g/mol. The topological polar surface area (TPSA) is 147 Å². The van der Waals surface area contributed by atoms with Crippen LogP contribution in [0.25, 0.3) is 0 Å². The third-order valence-electron chi connectivity index (χ3n) is 3.20. The largest absolute Gasteiger partial charge is 0.480 e. The molecule has 0 spiro atoms. The minimum absolute atomic E-state index is 0.0164. The van der Waals surface area contributed by atoms with Gasteiger partial charge in [-0.15, -0.1) is 0 Å². The molecule has 0 aliphatic carbocycles. The molecule has 0 aromatic carbocycles. The Morgan fingerprint density at radius 1 is 0.833 bits per heavy atom. The predicted molar refractivity (Wildman–Crippen MR) is 83.7 cm³/mol. The van der Waals surface area contributed by atoms with Crippen LogP contribution in [0.3, 0.4) is 0 Å². The van der Waals surface area contributed by atoms with Gasteiger partial charge in [0.1, 0.15) is 0 Å². The smallest absolute Gasteiger partial charge is 0.317 e. The number of rotatable bonds is 13. The van der Waals surface area contributed by atoms with Gasteiger partial charge in [-0.05, 0) is 13.3 Å². The number of carbonyl (C=O) groups excluding carboxylic acids is 1. The van der Waals surface area contributed by atoms with Gasteiger partial charge >= 0.3 is 17.9 Å². The summed E-state index contributed by atoms with van der Waals surface area (Å²) in [5.41, 5.74) is 0. The van der Waals surface area contributed by atoms with Crippen molar-refractivity contribution in [3.8, 4) is 0 Å². The first-order valence-electron chi connectivity index (χ1n) is 7.53. The molecular weight excluding hydrogens is 322 g/mol. The Labute approximate surface area is 140 Å². The van der Waals surface area contributed by atoms with E-state index in [-0.39, 0.29) is 31.6 Å². The molecule has 4 N–H and O–H groups in total. The summed E-state index contributed by atoms with van der Waals surface area (Å²) in [6.45, 7) is 2.27. The first kappa shape index (κ1) is 21.8. The Morgan fingerprint density at radius 2 is 1.21 bits per heavy atom. The minimum atomic E-state index is -1.18. The third-order valence-corrected chi connectivity index (χ3v) is 3.20. The minimum Gasteiger partial charge on any atom is -0.480 e. The molecule has 1 unspecified atom stereocenters. The Kier molecular flexibility index (Phi) is 10.3. The van der Waals surface area contributed by atoms with Crippen molar-refractivity contribution >= 4 is 23.8 Å². The van der Waals surface area contributed by atoms with Crippen LogP contribution in [0.5, 0.6) is 0 Å². The highest BCUT2D eigenvalue weighted by Gasteiger charge is 2.18. The van der Waals surface area contributed by atoms with E-state index in [1.807, 2.05) is 13.8 Å². The van der Waals surface area contributed by atoms with E-state index < -0.39 is 37.5 Å². The van der Waals surface area contributed by atoms with E-state index in [0.29, 0.717) is 0 Å². The molecule has 24 heavy (non-hydrogen) atoms. The van der Waals surface area contributed by atoms with Gasteiger partial charge in [0.2, 0.25) is 5.91 Å². The van der Waals surface area contributed by atoms with Crippen molar-refractivity contribution in [2.45, 2.75) is 26.3 Å². The quantitative estimate of drug-likeness (QED) is 0.321. The normalized spacial score (nSPS) is 12.2. The highest BCUT2D eigenvalue weighted by Crippen LogP contribution is 1.95. The van der Waals surface area contributed by atoms with E-state index in [9.17, 15) is 19.2 Å². The van der Waals surface area contributed by atoms with Crippen molar-refractivity contribution in [1.82, 2.24) is 15.1 Å². The summed E-state index contributed by atoms with van der Waals surface area (Å²) in [4.78, 5) is 46.7. The third kappa shape index (κ3) is 11.4. The highest BCUT2D eigenvalue weighted by atomic mass is 16.4. The maximum absolute atomic E-state index is 11.9. The molecule has 0 saturated heterocycles. The Morgan fingerprint density at radius 3 is 1.54 bits per heavy atom. The lowest BCUT2D eigenvalue weighted by molar-refractivity contribution is -0.143. The molecule has 0 aromatic heterocycles. The number of hydrogen-bond acceptors (Lipinski definition) is 6. The Hall–Kier alpha value is -2.20. The fourth-order valence-corrected chi connectivity index (χ4v) is 1.91. The predicted octanol–water partition coefficient (Wildman–Crippen LogP) is -1.24. The molecule has 0 saturated carbocycles. The number of amides is 1. The molecule has 0 aliphatic rings. The van der Waals surface area contributed by atoms with Gasteiger partial charge < -0.3 is 20.6 Å². The van der Waals surface area contributed by atoms with E-state index in [1.54, 1.807) is 0 Å². The maximum atomic E-state index is 11.9. The lowest BCUT2D eigenvalue weighted by Crippen LogP contribution is -2.46. The average Bonchev–Trinajstić information content (AvgIpc) is 2.42. The zero-order chi connectivity index (χ0) is 18.7. The Balaban J connectivity index is 4.68. The van der Waals surface area contributed by atoms with Crippen molar-refractivity contribution in [2.75, 3.05) is 39.3 Å². The number of carbonyl (C=O) groups is 4. The van der Waals surface area contributed by atoms with E-state index in [1.165, 1.54) is 4.90 Å². The second-order valence-corrected chi connectivity index (χ2v) is 5.48. The fraction of sp³-hybridized carbons (Fsp3) is 0.714. The van der Waals surface area contributed by atoms with Crippen molar-refractivity contribution in [2.24, 2.45) is 0 Å². The van der Waals surface area contributed by atoms with Gasteiger partial charge in [0.05, 0.1) is 26.2 Å². The van der Waals surface area contributed by atoms with E-state index in [2.05, 4.69) is 5.32 Å². The van der Waals surface area contributed by atoms with Crippen molar-refractivity contribution < 1.29 is 34.5 Å². The summed E-state index contributed by atoms with van der Waals surface area (Å²) >= 11 is 0. The number of nitrogens with one attached hydrogen (secondary N) is 1. The second-order valence-electron chi connectivity index (χ2n) is 5.48. The zero-order valence-corrected chi connectivity index (χ0v) is 13.9. The lowest BCUT2D eigenvalue weighted by atomic mass is 10.2. The molecule has 0 heterocycles. The highest BCUT2D eigenvalue weighted by molar-refractivity contribution is 5.79. The molecule has 1 atom stereocenters. The SMILES string of the molecule is CCC(C)NC(=O)CN(CCN(CC(=O)O)CC(=O)O)CC(=O)O. The Bertz CT molecular complexity index is 440. The number of hydrogen-bond donors (Lipinski definition) is 4. The van der Waals surface area contributed by atoms with Crippen molar-refractivity contribution in [3.05, 3.63) is 0 Å². The molecule has 0 fully saturated rings. The molecular formula is C14H25N3O7. The van der Waals surface area contributed by atoms with Crippen LogP contribution in [0.1, 0.15) is 20.3 Å². The van der Waals surface area contributed by atoms with Crippen LogP contribution in [0, 0.1) is 0 Å². The van der Waals surface area contributed by atoms with Crippen LogP contribution < -0.4 is 5.32 Å². The molecule has 0 aromatic rings. The zero-order valence-electron chi connectivity index (χ0n) is 13.9. The van der Waals surface area contributed by atoms with Crippen LogP contribution in [-0.2, 0) is 19.2 Å². The maximum Gasteiger partial charge on any atom is 0.317 e. The molecule has 10 nitrogen and oxygen atoms in total. The van der Waals surface area contributed by atoms with Crippen LogP contribution >= 0.6 is 0 Å². The first-order chi connectivity index (χ1) is 11.1. The van der Waals surface area contributed by atoms with Crippen LogP contribution in [-0.4, -0.2) is 94.2 Å². The van der Waals surface area contributed by atoms with E-state index in [0.717, 1.165) is 11.3 Å². The molecule has 138 valence electrons. The molecule has 0 radical (unpaired) electrons. The van der Waals surface area contributed by atoms with Gasteiger partial charge in [-0.2, -0.15) is 0 Å². The summed E-state index contributed by atoms with van der Waals surface area (Å²) in [6.07, 6.45) is 0.732. The van der Waals surface area contributed by atoms with Gasteiger partial charge in [0, 0.05) is 19.1 Å². The number of carboxylic acids is 3. The molecule has 0 rings (SSSR count). The molecule has 10 heteroatoms. The summed E-state index contributed by atoms with van der Waals surface area (Å²) in [7, 11) is 0. The van der Waals surface area contributed by atoms with Crippen LogP contribution in [0.2, 0.25) is 0 Å². The van der Waals surface area contributed by atoms with Crippen molar-refractivity contribution in [1.29, 1.82) is 0 Å². The van der Waals surface area contributed by atoms with Gasteiger partial charge in [-0.3, -0.25) is 29.0 Å². The molecule has 1 amide bonds. The van der Waals surface area contributed by atoms with Gasteiger partial charge in [-0.1, -0.05) is 6.92 Å². The molecule has 0 aliphatic heterocycles. The fourth-order valence-electron chi connectivity index (χ4n) is 1.91.